The molecular weight excluding hydrogens is 404 g/mol. The van der Waals surface area contributed by atoms with E-state index in [9.17, 15) is 4.79 Å². The Morgan fingerprint density at radius 1 is 1.25 bits per heavy atom. The van der Waals surface area contributed by atoms with Crippen LogP contribution in [0.2, 0.25) is 0 Å². The molecule has 1 aliphatic heterocycles. The van der Waals surface area contributed by atoms with Crippen molar-refractivity contribution in [2.45, 2.75) is 40.2 Å². The van der Waals surface area contributed by atoms with E-state index >= 15 is 0 Å². The molecule has 170 valence electrons. The summed E-state index contributed by atoms with van der Waals surface area (Å²) in [5.74, 6) is 1.62. The number of hydrogen-bond donors (Lipinski definition) is 0. The summed E-state index contributed by atoms with van der Waals surface area (Å²) in [4.78, 5) is 26.7. The molecule has 0 saturated carbocycles. The Hall–Kier alpha value is -3.16. The maximum Gasteiger partial charge on any atom is 0.227 e. The van der Waals surface area contributed by atoms with E-state index < -0.39 is 0 Å². The normalized spacial score (nSPS) is 16.4. The molecule has 32 heavy (non-hydrogen) atoms. The van der Waals surface area contributed by atoms with Crippen LogP contribution in [0.15, 0.2) is 24.4 Å². The number of hydrogen-bond acceptors (Lipinski definition) is 6. The van der Waals surface area contributed by atoms with Crippen molar-refractivity contribution in [1.29, 1.82) is 0 Å². The molecule has 0 bridgehead atoms. The van der Waals surface area contributed by atoms with Crippen LogP contribution in [-0.2, 0) is 18.4 Å². The van der Waals surface area contributed by atoms with Crippen LogP contribution in [0.4, 0.5) is 5.95 Å². The highest BCUT2D eigenvalue weighted by atomic mass is 16.5. The summed E-state index contributed by atoms with van der Waals surface area (Å²) < 4.78 is 7.41. The van der Waals surface area contributed by atoms with E-state index in [0.29, 0.717) is 25.6 Å². The van der Waals surface area contributed by atoms with Gasteiger partial charge >= 0.3 is 0 Å². The molecule has 1 aliphatic rings. The Kier molecular flexibility index (Phi) is 6.30. The van der Waals surface area contributed by atoms with Crippen LogP contribution in [0, 0.1) is 19.8 Å². The number of benzene rings is 1. The van der Waals surface area contributed by atoms with Gasteiger partial charge in [0.15, 0.2) is 0 Å². The minimum absolute atomic E-state index is 0.0642. The SMILES string of the molecule is CCOc1ccc2nc(N3CCC[C@@H](C(=O)N(C)Cc4cn(C)nc4C)C3)nc(C)c2c1. The molecule has 1 amide bonds. The Labute approximate surface area is 189 Å². The Balaban J connectivity index is 1.49. The quantitative estimate of drug-likeness (QED) is 0.590. The van der Waals surface area contributed by atoms with Gasteiger partial charge in [0.2, 0.25) is 11.9 Å². The van der Waals surface area contributed by atoms with Crippen molar-refractivity contribution in [3.8, 4) is 5.75 Å². The number of anilines is 1. The molecule has 8 nitrogen and oxygen atoms in total. The topological polar surface area (TPSA) is 76.4 Å². The molecule has 0 radical (unpaired) electrons. The lowest BCUT2D eigenvalue weighted by atomic mass is 9.96. The third-order valence-corrected chi connectivity index (χ3v) is 6.11. The predicted molar refractivity (Wildman–Crippen MR) is 125 cm³/mol. The number of nitrogens with zero attached hydrogens (tertiary/aromatic N) is 6. The maximum absolute atomic E-state index is 13.2. The lowest BCUT2D eigenvalue weighted by molar-refractivity contribution is -0.135. The van der Waals surface area contributed by atoms with E-state index in [0.717, 1.165) is 53.0 Å². The molecule has 1 saturated heterocycles. The van der Waals surface area contributed by atoms with Crippen LogP contribution in [0.1, 0.15) is 36.7 Å². The van der Waals surface area contributed by atoms with Crippen LogP contribution in [-0.4, -0.2) is 57.3 Å². The molecule has 0 aliphatic carbocycles. The van der Waals surface area contributed by atoms with E-state index in [2.05, 4.69) is 10.00 Å². The van der Waals surface area contributed by atoms with Gasteiger partial charge in [0.05, 0.1) is 29.4 Å². The third kappa shape index (κ3) is 4.54. The number of carbonyl (C=O) groups is 1. The van der Waals surface area contributed by atoms with Gasteiger partial charge in [0, 0.05) is 50.9 Å². The molecule has 2 aromatic heterocycles. The number of fused-ring (bicyclic) bond motifs is 1. The second kappa shape index (κ2) is 9.14. The molecule has 4 rings (SSSR count). The molecule has 1 aromatic carbocycles. The first-order valence-electron chi connectivity index (χ1n) is 11.3. The fourth-order valence-electron chi connectivity index (χ4n) is 4.45. The smallest absolute Gasteiger partial charge is 0.227 e. The summed E-state index contributed by atoms with van der Waals surface area (Å²) in [5.41, 5.74) is 3.86. The van der Waals surface area contributed by atoms with Crippen LogP contribution in [0.3, 0.4) is 0 Å². The molecule has 3 heterocycles. The predicted octanol–water partition coefficient (Wildman–Crippen LogP) is 3.25. The summed E-state index contributed by atoms with van der Waals surface area (Å²) in [7, 11) is 3.78. The third-order valence-electron chi connectivity index (χ3n) is 6.11. The fourth-order valence-corrected chi connectivity index (χ4v) is 4.45. The van der Waals surface area contributed by atoms with Gasteiger partial charge in [-0.3, -0.25) is 9.48 Å². The minimum atomic E-state index is -0.0642. The highest BCUT2D eigenvalue weighted by molar-refractivity contribution is 5.83. The highest BCUT2D eigenvalue weighted by Gasteiger charge is 2.29. The van der Waals surface area contributed by atoms with Crippen molar-refractivity contribution in [1.82, 2.24) is 24.6 Å². The second-order valence-corrected chi connectivity index (χ2v) is 8.61. The summed E-state index contributed by atoms with van der Waals surface area (Å²) in [6.07, 6.45) is 3.81. The maximum atomic E-state index is 13.2. The molecule has 0 unspecified atom stereocenters. The average molecular weight is 437 g/mol. The second-order valence-electron chi connectivity index (χ2n) is 8.61. The van der Waals surface area contributed by atoms with Gasteiger partial charge in [-0.15, -0.1) is 0 Å². The summed E-state index contributed by atoms with van der Waals surface area (Å²) in [6.45, 7) is 8.64. The first-order valence-corrected chi connectivity index (χ1v) is 11.3. The van der Waals surface area contributed by atoms with Gasteiger partial charge in [-0.25, -0.2) is 9.97 Å². The van der Waals surface area contributed by atoms with Crippen molar-refractivity contribution in [2.75, 3.05) is 31.6 Å². The van der Waals surface area contributed by atoms with E-state index in [-0.39, 0.29) is 11.8 Å². The standard InChI is InChI=1S/C24H32N6O2/c1-6-32-20-9-10-22-21(12-20)17(3)25-24(26-22)30-11-7-8-18(15-30)23(31)28(4)13-19-14-29(5)27-16(19)2/h9-10,12,14,18H,6-8,11,13,15H2,1-5H3/t18-/m1/s1. The zero-order valence-electron chi connectivity index (χ0n) is 19.6. The van der Waals surface area contributed by atoms with E-state index in [1.165, 1.54) is 0 Å². The first-order chi connectivity index (χ1) is 15.4. The zero-order valence-corrected chi connectivity index (χ0v) is 19.6. The summed E-state index contributed by atoms with van der Waals surface area (Å²) >= 11 is 0. The van der Waals surface area contributed by atoms with Crippen molar-refractivity contribution < 1.29 is 9.53 Å². The van der Waals surface area contributed by atoms with Gasteiger partial charge in [-0.1, -0.05) is 0 Å². The average Bonchev–Trinajstić information content (AvgIpc) is 3.10. The minimum Gasteiger partial charge on any atom is -0.494 e. The molecule has 8 heteroatoms. The molecule has 1 atom stereocenters. The van der Waals surface area contributed by atoms with Crippen LogP contribution in [0.25, 0.3) is 10.9 Å². The van der Waals surface area contributed by atoms with Gasteiger partial charge in [0.1, 0.15) is 5.75 Å². The van der Waals surface area contributed by atoms with Crippen molar-refractivity contribution in [3.63, 3.8) is 0 Å². The Morgan fingerprint density at radius 3 is 2.78 bits per heavy atom. The van der Waals surface area contributed by atoms with Crippen LogP contribution in [0.5, 0.6) is 5.75 Å². The van der Waals surface area contributed by atoms with Gasteiger partial charge in [0.25, 0.3) is 0 Å². The van der Waals surface area contributed by atoms with E-state index in [4.69, 9.17) is 14.7 Å². The fraction of sp³-hybridized carbons (Fsp3) is 0.500. The largest absolute Gasteiger partial charge is 0.494 e. The molecule has 1 fully saturated rings. The Bertz CT molecular complexity index is 1130. The molecule has 3 aromatic rings. The molecule has 0 spiro atoms. The van der Waals surface area contributed by atoms with Crippen molar-refractivity contribution >= 4 is 22.8 Å². The number of aromatic nitrogens is 4. The molecule has 0 N–H and O–H groups in total. The van der Waals surface area contributed by atoms with E-state index in [1.807, 2.05) is 64.2 Å². The lowest BCUT2D eigenvalue weighted by Crippen LogP contribution is -2.44. The van der Waals surface area contributed by atoms with Crippen LogP contribution < -0.4 is 9.64 Å². The summed E-state index contributed by atoms with van der Waals surface area (Å²) in [6, 6.07) is 5.92. The number of piperidine rings is 1. The first kappa shape index (κ1) is 22.0. The number of aryl methyl sites for hydroxylation is 3. The number of amides is 1. The zero-order chi connectivity index (χ0) is 22.8. The van der Waals surface area contributed by atoms with Crippen LogP contribution >= 0.6 is 0 Å². The van der Waals surface area contributed by atoms with Crippen molar-refractivity contribution in [2.24, 2.45) is 13.0 Å². The van der Waals surface area contributed by atoms with Crippen molar-refractivity contribution in [3.05, 3.63) is 41.3 Å². The van der Waals surface area contributed by atoms with Gasteiger partial charge in [-0.05, 0) is 51.8 Å². The number of carbonyl (C=O) groups excluding carboxylic acids is 1. The molecular formula is C24H32N6O2. The lowest BCUT2D eigenvalue weighted by Gasteiger charge is -2.34. The number of ether oxygens (including phenoxy) is 1. The number of rotatable bonds is 6. The Morgan fingerprint density at radius 2 is 2.06 bits per heavy atom. The van der Waals surface area contributed by atoms with Gasteiger partial charge in [-0.2, -0.15) is 5.10 Å². The highest BCUT2D eigenvalue weighted by Crippen LogP contribution is 2.27. The monoisotopic (exact) mass is 436 g/mol. The van der Waals surface area contributed by atoms with E-state index in [1.54, 1.807) is 4.68 Å². The van der Waals surface area contributed by atoms with Gasteiger partial charge < -0.3 is 14.5 Å². The summed E-state index contributed by atoms with van der Waals surface area (Å²) in [5, 5.41) is 5.38.